The highest BCUT2D eigenvalue weighted by Gasteiger charge is 2.21. The summed E-state index contributed by atoms with van der Waals surface area (Å²) in [5, 5.41) is 0. The standard InChI is InChI=1S/C19H20INO4/c1-23-17-12-15(19(22)21-7-9-24-10-8-21)11-16(20)18(17)25-13-14-5-3-2-4-6-14/h2-6,11-12H,7-10,13H2,1H3. The van der Waals surface area contributed by atoms with Gasteiger partial charge in [-0.1, -0.05) is 30.3 Å². The number of hydrogen-bond acceptors (Lipinski definition) is 4. The molecule has 0 spiro atoms. The molecule has 5 nitrogen and oxygen atoms in total. The number of carbonyl (C=O) groups is 1. The van der Waals surface area contributed by atoms with Crippen molar-refractivity contribution in [1.29, 1.82) is 0 Å². The maximum atomic E-state index is 12.7. The Morgan fingerprint density at radius 3 is 2.60 bits per heavy atom. The zero-order valence-corrected chi connectivity index (χ0v) is 16.2. The van der Waals surface area contributed by atoms with Crippen LogP contribution in [-0.2, 0) is 11.3 Å². The second-order valence-corrected chi connectivity index (χ2v) is 6.83. The molecule has 0 N–H and O–H groups in total. The van der Waals surface area contributed by atoms with E-state index < -0.39 is 0 Å². The van der Waals surface area contributed by atoms with Crippen LogP contribution >= 0.6 is 22.6 Å². The first-order valence-corrected chi connectivity index (χ1v) is 9.18. The molecule has 2 aromatic rings. The molecule has 1 saturated heterocycles. The minimum absolute atomic E-state index is 0.00544. The first-order valence-electron chi connectivity index (χ1n) is 8.10. The molecule has 25 heavy (non-hydrogen) atoms. The fourth-order valence-electron chi connectivity index (χ4n) is 2.66. The molecule has 6 heteroatoms. The number of halogens is 1. The Hall–Kier alpha value is -1.80. The summed E-state index contributed by atoms with van der Waals surface area (Å²) in [5.74, 6) is 1.22. The van der Waals surface area contributed by atoms with E-state index >= 15 is 0 Å². The van der Waals surface area contributed by atoms with Crippen molar-refractivity contribution in [3.8, 4) is 11.5 Å². The average molecular weight is 453 g/mol. The van der Waals surface area contributed by atoms with E-state index in [1.807, 2.05) is 36.4 Å². The zero-order chi connectivity index (χ0) is 17.6. The molecule has 0 aromatic heterocycles. The molecule has 1 aliphatic rings. The first kappa shape index (κ1) is 18.0. The van der Waals surface area contributed by atoms with E-state index in [4.69, 9.17) is 14.2 Å². The molecule has 1 aliphatic heterocycles. The molecule has 1 heterocycles. The fourth-order valence-corrected chi connectivity index (χ4v) is 3.42. The topological polar surface area (TPSA) is 48.0 Å². The lowest BCUT2D eigenvalue weighted by molar-refractivity contribution is 0.0302. The van der Waals surface area contributed by atoms with Gasteiger partial charge >= 0.3 is 0 Å². The van der Waals surface area contributed by atoms with Crippen molar-refractivity contribution in [1.82, 2.24) is 4.90 Å². The zero-order valence-electron chi connectivity index (χ0n) is 14.0. The number of rotatable bonds is 5. The van der Waals surface area contributed by atoms with Crippen LogP contribution in [0.3, 0.4) is 0 Å². The lowest BCUT2D eigenvalue weighted by Gasteiger charge is -2.27. The number of ether oxygens (including phenoxy) is 3. The highest BCUT2D eigenvalue weighted by atomic mass is 127. The summed E-state index contributed by atoms with van der Waals surface area (Å²) in [6.45, 7) is 2.84. The maximum Gasteiger partial charge on any atom is 0.254 e. The largest absolute Gasteiger partial charge is 0.493 e. The van der Waals surface area contributed by atoms with E-state index in [-0.39, 0.29) is 5.91 Å². The summed E-state index contributed by atoms with van der Waals surface area (Å²) < 4.78 is 17.6. The quantitative estimate of drug-likeness (QED) is 0.652. The fraction of sp³-hybridized carbons (Fsp3) is 0.316. The summed E-state index contributed by atoms with van der Waals surface area (Å²) >= 11 is 2.18. The number of morpholine rings is 1. The molecule has 132 valence electrons. The third kappa shape index (κ3) is 4.43. The van der Waals surface area contributed by atoms with E-state index in [2.05, 4.69) is 22.6 Å². The van der Waals surface area contributed by atoms with Crippen molar-refractivity contribution in [2.75, 3.05) is 33.4 Å². The van der Waals surface area contributed by atoms with Gasteiger partial charge in [0.1, 0.15) is 6.61 Å². The van der Waals surface area contributed by atoms with Gasteiger partial charge in [0.15, 0.2) is 11.5 Å². The van der Waals surface area contributed by atoms with Crippen LogP contribution in [0, 0.1) is 3.57 Å². The van der Waals surface area contributed by atoms with Crippen molar-refractivity contribution in [3.63, 3.8) is 0 Å². The van der Waals surface area contributed by atoms with Crippen molar-refractivity contribution < 1.29 is 19.0 Å². The summed E-state index contributed by atoms with van der Waals surface area (Å²) in [7, 11) is 1.59. The van der Waals surface area contributed by atoms with Crippen LogP contribution in [0.1, 0.15) is 15.9 Å². The number of benzene rings is 2. The van der Waals surface area contributed by atoms with Gasteiger partial charge in [0.2, 0.25) is 0 Å². The van der Waals surface area contributed by atoms with Crippen molar-refractivity contribution >= 4 is 28.5 Å². The van der Waals surface area contributed by atoms with E-state index in [0.29, 0.717) is 50.0 Å². The van der Waals surface area contributed by atoms with Crippen LogP contribution in [0.5, 0.6) is 11.5 Å². The summed E-state index contributed by atoms with van der Waals surface area (Å²) in [4.78, 5) is 14.5. The van der Waals surface area contributed by atoms with Gasteiger partial charge in [-0.25, -0.2) is 0 Å². The maximum absolute atomic E-state index is 12.7. The van der Waals surface area contributed by atoms with Crippen LogP contribution in [0.15, 0.2) is 42.5 Å². The van der Waals surface area contributed by atoms with Crippen molar-refractivity contribution in [3.05, 3.63) is 57.2 Å². The van der Waals surface area contributed by atoms with Crippen LogP contribution in [0.25, 0.3) is 0 Å². The molecule has 0 unspecified atom stereocenters. The number of methoxy groups -OCH3 is 1. The molecular formula is C19H20INO4. The SMILES string of the molecule is COc1cc(C(=O)N2CCOCC2)cc(I)c1OCc1ccccc1. The number of carbonyl (C=O) groups excluding carboxylic acids is 1. The average Bonchev–Trinajstić information content (AvgIpc) is 2.67. The van der Waals surface area contributed by atoms with Gasteiger partial charge in [-0.05, 0) is 40.3 Å². The van der Waals surface area contributed by atoms with Crippen LogP contribution in [0.2, 0.25) is 0 Å². The van der Waals surface area contributed by atoms with Crippen LogP contribution in [0.4, 0.5) is 0 Å². The Morgan fingerprint density at radius 2 is 1.92 bits per heavy atom. The van der Waals surface area contributed by atoms with Gasteiger partial charge in [-0.3, -0.25) is 4.79 Å². The highest BCUT2D eigenvalue weighted by molar-refractivity contribution is 14.1. The number of amides is 1. The molecule has 2 aromatic carbocycles. The van der Waals surface area contributed by atoms with E-state index in [9.17, 15) is 4.79 Å². The third-order valence-corrected chi connectivity index (χ3v) is 4.80. The molecule has 0 aliphatic carbocycles. The predicted octanol–water partition coefficient (Wildman–Crippen LogP) is 3.35. The van der Waals surface area contributed by atoms with Gasteiger partial charge in [0, 0.05) is 18.7 Å². The Labute approximate surface area is 161 Å². The monoisotopic (exact) mass is 453 g/mol. The van der Waals surface area contributed by atoms with Gasteiger partial charge in [0.25, 0.3) is 5.91 Å². The smallest absolute Gasteiger partial charge is 0.254 e. The van der Waals surface area contributed by atoms with Gasteiger partial charge in [0.05, 0.1) is 23.9 Å². The minimum Gasteiger partial charge on any atom is -0.493 e. The van der Waals surface area contributed by atoms with Gasteiger partial charge < -0.3 is 19.1 Å². The molecule has 1 fully saturated rings. The number of nitrogens with zero attached hydrogens (tertiary/aromatic N) is 1. The highest BCUT2D eigenvalue weighted by Crippen LogP contribution is 2.35. The van der Waals surface area contributed by atoms with E-state index in [1.54, 1.807) is 18.1 Å². The lowest BCUT2D eigenvalue weighted by Crippen LogP contribution is -2.40. The van der Waals surface area contributed by atoms with E-state index in [1.165, 1.54) is 0 Å². The summed E-state index contributed by atoms with van der Waals surface area (Å²) in [6.07, 6.45) is 0. The van der Waals surface area contributed by atoms with Crippen LogP contribution in [-0.4, -0.2) is 44.2 Å². The second-order valence-electron chi connectivity index (χ2n) is 5.67. The van der Waals surface area contributed by atoms with Gasteiger partial charge in [-0.2, -0.15) is 0 Å². The predicted molar refractivity (Wildman–Crippen MR) is 103 cm³/mol. The molecule has 1 amide bonds. The van der Waals surface area contributed by atoms with Crippen molar-refractivity contribution in [2.45, 2.75) is 6.61 Å². The molecule has 3 rings (SSSR count). The molecule has 0 atom stereocenters. The minimum atomic E-state index is -0.00544. The molecule has 0 bridgehead atoms. The van der Waals surface area contributed by atoms with E-state index in [0.717, 1.165) is 9.13 Å². The molecule has 0 saturated carbocycles. The van der Waals surface area contributed by atoms with Crippen LogP contribution < -0.4 is 9.47 Å². The molecule has 0 radical (unpaired) electrons. The van der Waals surface area contributed by atoms with Crippen molar-refractivity contribution in [2.24, 2.45) is 0 Å². The second kappa shape index (κ2) is 8.53. The summed E-state index contributed by atoms with van der Waals surface area (Å²) in [6, 6.07) is 13.5. The molecular weight excluding hydrogens is 433 g/mol. The number of hydrogen-bond donors (Lipinski definition) is 0. The lowest BCUT2D eigenvalue weighted by atomic mass is 10.1. The normalized spacial score (nSPS) is 14.2. The Morgan fingerprint density at radius 1 is 1.20 bits per heavy atom. The Kier molecular flexibility index (Phi) is 6.14. The third-order valence-electron chi connectivity index (χ3n) is 4.00. The first-order chi connectivity index (χ1) is 12.2. The Balaban J connectivity index is 1.79. The summed E-state index contributed by atoms with van der Waals surface area (Å²) in [5.41, 5.74) is 1.68. The van der Waals surface area contributed by atoms with Gasteiger partial charge in [-0.15, -0.1) is 0 Å². The Bertz CT molecular complexity index is 730.